The summed E-state index contributed by atoms with van der Waals surface area (Å²) < 4.78 is 1.76. The second-order valence-corrected chi connectivity index (χ2v) is 3.86. The monoisotopic (exact) mass is 196 g/mol. The van der Waals surface area contributed by atoms with Crippen molar-refractivity contribution in [2.24, 2.45) is 0 Å². The number of hydrogen-bond donors (Lipinski definition) is 1. The van der Waals surface area contributed by atoms with Gasteiger partial charge in [-0.2, -0.15) is 0 Å². The number of aryl methyl sites for hydroxylation is 1. The molecule has 2 nitrogen and oxygen atoms in total. The Balaban J connectivity index is 2.70. The lowest BCUT2D eigenvalue weighted by atomic mass is 10.1. The van der Waals surface area contributed by atoms with Gasteiger partial charge in [-0.25, -0.2) is 0 Å². The molecule has 2 heteroatoms. The molecule has 1 heterocycles. The zero-order valence-corrected chi connectivity index (χ0v) is 8.57. The van der Waals surface area contributed by atoms with Crippen molar-refractivity contribution in [2.75, 3.05) is 5.84 Å². The van der Waals surface area contributed by atoms with Gasteiger partial charge in [-0.1, -0.05) is 30.3 Å². The summed E-state index contributed by atoms with van der Waals surface area (Å²) in [5, 5.41) is 2.49. The predicted octanol–water partition coefficient (Wildman–Crippen LogP) is 2.82. The first kappa shape index (κ1) is 8.36. The van der Waals surface area contributed by atoms with Crippen LogP contribution in [0.5, 0.6) is 0 Å². The highest BCUT2D eigenvalue weighted by atomic mass is 15.3. The Morgan fingerprint density at radius 2 is 1.67 bits per heavy atom. The molecule has 0 radical (unpaired) electrons. The highest BCUT2D eigenvalue weighted by Crippen LogP contribution is 2.29. The Morgan fingerprint density at radius 1 is 0.933 bits per heavy atom. The number of nitrogen functional groups attached to an aromatic ring is 1. The van der Waals surface area contributed by atoms with E-state index in [0.29, 0.717) is 0 Å². The minimum absolute atomic E-state index is 1.09. The maximum Gasteiger partial charge on any atom is 0.0706 e. The number of nitrogens with zero attached hydrogens (tertiary/aromatic N) is 1. The van der Waals surface area contributed by atoms with Crippen LogP contribution in [0.4, 0.5) is 0 Å². The fourth-order valence-corrected chi connectivity index (χ4v) is 2.23. The molecule has 74 valence electrons. The second kappa shape index (κ2) is 2.76. The molecule has 0 aliphatic rings. The molecule has 3 aromatic rings. The van der Waals surface area contributed by atoms with Gasteiger partial charge in [-0.15, -0.1) is 0 Å². The maximum absolute atomic E-state index is 6.06. The van der Waals surface area contributed by atoms with Gasteiger partial charge < -0.3 is 5.84 Å². The Hall–Kier alpha value is -1.96. The van der Waals surface area contributed by atoms with Crippen LogP contribution in [-0.4, -0.2) is 4.68 Å². The summed E-state index contributed by atoms with van der Waals surface area (Å²) in [4.78, 5) is 0. The van der Waals surface area contributed by atoms with Crippen LogP contribution < -0.4 is 5.84 Å². The van der Waals surface area contributed by atoms with Crippen LogP contribution in [-0.2, 0) is 0 Å². The third kappa shape index (κ3) is 0.988. The molecule has 15 heavy (non-hydrogen) atoms. The van der Waals surface area contributed by atoms with Crippen LogP contribution in [0.15, 0.2) is 42.5 Å². The van der Waals surface area contributed by atoms with Crippen LogP contribution in [0, 0.1) is 6.92 Å². The number of aromatic nitrogens is 1. The highest BCUT2D eigenvalue weighted by molar-refractivity contribution is 6.09. The molecule has 1 aromatic heterocycles. The van der Waals surface area contributed by atoms with Gasteiger partial charge in [-0.3, -0.25) is 4.68 Å². The average molecular weight is 196 g/mol. The van der Waals surface area contributed by atoms with E-state index in [0.717, 1.165) is 11.0 Å². The fourth-order valence-electron chi connectivity index (χ4n) is 2.23. The Labute approximate surface area is 87.9 Å². The van der Waals surface area contributed by atoms with Crippen LogP contribution >= 0.6 is 0 Å². The average Bonchev–Trinajstić information content (AvgIpc) is 2.55. The molecule has 0 unspecified atom stereocenters. The first-order valence-corrected chi connectivity index (χ1v) is 5.03. The Bertz CT molecular complexity index is 650. The standard InChI is InChI=1S/C13H12N2/c1-9-5-4-8-12-13(9)10-6-2-3-7-11(10)15(12)14/h2-8H,14H2,1H3. The van der Waals surface area contributed by atoms with Gasteiger partial charge in [0.15, 0.2) is 0 Å². The molecule has 0 bridgehead atoms. The van der Waals surface area contributed by atoms with Crippen molar-refractivity contribution in [1.29, 1.82) is 0 Å². The van der Waals surface area contributed by atoms with E-state index < -0.39 is 0 Å². The number of hydrogen-bond acceptors (Lipinski definition) is 1. The van der Waals surface area contributed by atoms with E-state index in [9.17, 15) is 0 Å². The van der Waals surface area contributed by atoms with Crippen LogP contribution in [0.3, 0.4) is 0 Å². The molecule has 2 aromatic carbocycles. The predicted molar refractivity (Wildman–Crippen MR) is 64.3 cm³/mol. The van der Waals surface area contributed by atoms with Crippen LogP contribution in [0.25, 0.3) is 21.8 Å². The van der Waals surface area contributed by atoms with Crippen molar-refractivity contribution in [3.8, 4) is 0 Å². The molecular weight excluding hydrogens is 184 g/mol. The van der Waals surface area contributed by atoms with Crippen molar-refractivity contribution in [3.63, 3.8) is 0 Å². The largest absolute Gasteiger partial charge is 0.339 e. The van der Waals surface area contributed by atoms with E-state index in [1.165, 1.54) is 16.3 Å². The van der Waals surface area contributed by atoms with Crippen molar-refractivity contribution in [1.82, 2.24) is 4.68 Å². The first-order valence-electron chi connectivity index (χ1n) is 5.03. The number of fused-ring (bicyclic) bond motifs is 3. The van der Waals surface area contributed by atoms with E-state index in [2.05, 4.69) is 31.2 Å². The summed E-state index contributed by atoms with van der Waals surface area (Å²) in [6, 6.07) is 14.5. The number of rotatable bonds is 0. The summed E-state index contributed by atoms with van der Waals surface area (Å²) in [5.41, 5.74) is 3.45. The normalized spacial score (nSPS) is 11.3. The lowest BCUT2D eigenvalue weighted by Gasteiger charge is -1.97. The van der Waals surface area contributed by atoms with Crippen molar-refractivity contribution in [3.05, 3.63) is 48.0 Å². The SMILES string of the molecule is Cc1cccc2c1c1ccccc1n2N. The van der Waals surface area contributed by atoms with Crippen molar-refractivity contribution >= 4 is 21.8 Å². The van der Waals surface area contributed by atoms with E-state index >= 15 is 0 Å². The fraction of sp³-hybridized carbons (Fsp3) is 0.0769. The van der Waals surface area contributed by atoms with Gasteiger partial charge in [0.1, 0.15) is 0 Å². The molecule has 0 aliphatic heterocycles. The molecule has 2 N–H and O–H groups in total. The summed E-state index contributed by atoms with van der Waals surface area (Å²) in [5.74, 6) is 6.06. The maximum atomic E-state index is 6.06. The molecule has 0 spiro atoms. The molecule has 0 amide bonds. The molecular formula is C13H12N2. The van der Waals surface area contributed by atoms with E-state index in [4.69, 9.17) is 5.84 Å². The quantitative estimate of drug-likeness (QED) is 0.551. The van der Waals surface area contributed by atoms with Gasteiger partial charge in [-0.05, 0) is 24.6 Å². The Morgan fingerprint density at radius 3 is 2.53 bits per heavy atom. The third-order valence-electron chi connectivity index (χ3n) is 2.94. The molecule has 3 rings (SSSR count). The first-order chi connectivity index (χ1) is 7.29. The number of benzene rings is 2. The van der Waals surface area contributed by atoms with Crippen LogP contribution in [0.2, 0.25) is 0 Å². The van der Waals surface area contributed by atoms with E-state index in [-0.39, 0.29) is 0 Å². The van der Waals surface area contributed by atoms with Crippen molar-refractivity contribution < 1.29 is 0 Å². The van der Waals surface area contributed by atoms with E-state index in [1.54, 1.807) is 4.68 Å². The van der Waals surface area contributed by atoms with Crippen LogP contribution in [0.1, 0.15) is 5.56 Å². The molecule has 0 saturated heterocycles. The minimum Gasteiger partial charge on any atom is -0.339 e. The number of para-hydroxylation sites is 1. The summed E-state index contributed by atoms with van der Waals surface area (Å²) in [6.45, 7) is 2.12. The van der Waals surface area contributed by atoms with Crippen molar-refractivity contribution in [2.45, 2.75) is 6.92 Å². The van der Waals surface area contributed by atoms with Gasteiger partial charge in [0.25, 0.3) is 0 Å². The lowest BCUT2D eigenvalue weighted by Crippen LogP contribution is -2.06. The van der Waals surface area contributed by atoms with Gasteiger partial charge >= 0.3 is 0 Å². The molecule has 0 aliphatic carbocycles. The van der Waals surface area contributed by atoms with Gasteiger partial charge in [0, 0.05) is 10.8 Å². The molecule has 0 atom stereocenters. The number of nitrogens with two attached hydrogens (primary N) is 1. The summed E-state index contributed by atoms with van der Waals surface area (Å²) in [7, 11) is 0. The smallest absolute Gasteiger partial charge is 0.0706 e. The minimum atomic E-state index is 1.09. The zero-order valence-electron chi connectivity index (χ0n) is 8.57. The molecule has 0 saturated carbocycles. The van der Waals surface area contributed by atoms with Gasteiger partial charge in [0.2, 0.25) is 0 Å². The third-order valence-corrected chi connectivity index (χ3v) is 2.94. The van der Waals surface area contributed by atoms with E-state index in [1.807, 2.05) is 18.2 Å². The Kier molecular flexibility index (Phi) is 1.54. The highest BCUT2D eigenvalue weighted by Gasteiger charge is 2.08. The second-order valence-electron chi connectivity index (χ2n) is 3.86. The molecule has 0 fully saturated rings. The van der Waals surface area contributed by atoms with Gasteiger partial charge in [0.05, 0.1) is 11.0 Å². The lowest BCUT2D eigenvalue weighted by molar-refractivity contribution is 1.12. The summed E-state index contributed by atoms with van der Waals surface area (Å²) >= 11 is 0. The zero-order chi connectivity index (χ0) is 10.4. The summed E-state index contributed by atoms with van der Waals surface area (Å²) in [6.07, 6.45) is 0. The topological polar surface area (TPSA) is 30.9 Å².